The van der Waals surface area contributed by atoms with E-state index in [4.69, 9.17) is 9.97 Å². The van der Waals surface area contributed by atoms with Crippen molar-refractivity contribution in [3.8, 4) is 50.7 Å². The molecule has 0 aliphatic heterocycles. The molecule has 356 valence electrons. The first-order valence-corrected chi connectivity index (χ1v) is 28.4. The van der Waals surface area contributed by atoms with Crippen LogP contribution < -0.4 is 20.7 Å². The van der Waals surface area contributed by atoms with Gasteiger partial charge in [-0.25, -0.2) is 9.97 Å². The second-order valence-corrected chi connectivity index (χ2v) is 24.0. The Hall–Kier alpha value is -9.48. The van der Waals surface area contributed by atoms with Gasteiger partial charge in [0, 0.05) is 39.3 Å². The molecule has 3 nitrogen and oxygen atoms in total. The van der Waals surface area contributed by atoms with Crippen LogP contribution in [-0.2, 0) is 0 Å². The average molecular weight is 984 g/mol. The molecule has 13 aromatic rings. The molecule has 2 aromatic heterocycles. The number of nitrogens with zero attached hydrogens (tertiary/aromatic N) is 3. The van der Waals surface area contributed by atoms with Crippen molar-refractivity contribution in [1.82, 2.24) is 14.5 Å². The number of aromatic nitrogens is 3. The summed E-state index contributed by atoms with van der Waals surface area (Å²) in [4.78, 5) is 11.1. The second kappa shape index (κ2) is 17.9. The minimum atomic E-state index is -2.97. The molecule has 0 saturated carbocycles. The van der Waals surface area contributed by atoms with Crippen LogP contribution >= 0.6 is 0 Å². The van der Waals surface area contributed by atoms with Gasteiger partial charge in [-0.1, -0.05) is 255 Å². The Labute approximate surface area is 443 Å². The first kappa shape index (κ1) is 44.0. The van der Waals surface area contributed by atoms with Gasteiger partial charge >= 0.3 is 0 Å². The minimum Gasteiger partial charge on any atom is -0.309 e. The van der Waals surface area contributed by atoms with Crippen molar-refractivity contribution < 1.29 is 0 Å². The van der Waals surface area contributed by atoms with Crippen LogP contribution in [0.2, 0.25) is 0 Å². The molecular weight excluding hydrogens is 935 g/mol. The van der Waals surface area contributed by atoms with E-state index < -0.39 is 8.07 Å². The normalized spacial score (nSPS) is 14.3. The molecule has 2 atom stereocenters. The SMILES string of the molecule is c1ccc(-c2cc(-c3ccccc3-c3cccc4c3C3c5ccccc5C4c4cccc([Si](c5ccccc5)(c5ccccc5)c5ccccc5)c43)nc(-c3ccccc3-n3c4ccccc4c4ccccc43)n2)cc1. The number of hydrogen-bond donors (Lipinski definition) is 0. The number of para-hydroxylation sites is 3. The third kappa shape index (κ3) is 6.67. The third-order valence-electron chi connectivity index (χ3n) is 16.4. The quantitative estimate of drug-likeness (QED) is 0.107. The van der Waals surface area contributed by atoms with E-state index in [1.807, 2.05) is 0 Å². The summed E-state index contributed by atoms with van der Waals surface area (Å²) in [6, 6.07) is 106. The summed E-state index contributed by atoms with van der Waals surface area (Å²) in [5.41, 5.74) is 18.9. The Morgan fingerprint density at radius 2 is 0.763 bits per heavy atom. The van der Waals surface area contributed by atoms with Crippen LogP contribution in [0, 0.1) is 0 Å². The summed E-state index contributed by atoms with van der Waals surface area (Å²) in [7, 11) is -2.97. The van der Waals surface area contributed by atoms with Gasteiger partial charge in [0.15, 0.2) is 13.9 Å². The van der Waals surface area contributed by atoms with Crippen LogP contribution in [0.5, 0.6) is 0 Å². The fourth-order valence-electron chi connectivity index (χ4n) is 13.3. The molecule has 16 rings (SSSR count). The molecule has 0 spiro atoms. The molecule has 3 aliphatic rings. The highest BCUT2D eigenvalue weighted by atomic mass is 28.3. The van der Waals surface area contributed by atoms with Crippen LogP contribution in [-0.4, -0.2) is 22.6 Å². The number of benzene rings is 11. The van der Waals surface area contributed by atoms with Crippen molar-refractivity contribution in [2.24, 2.45) is 0 Å². The Balaban J connectivity index is 0.971. The molecule has 4 heteroatoms. The van der Waals surface area contributed by atoms with Gasteiger partial charge in [-0.05, 0) is 95.6 Å². The summed E-state index contributed by atoms with van der Waals surface area (Å²) in [5, 5.41) is 8.01. The Morgan fingerprint density at radius 1 is 0.316 bits per heavy atom. The van der Waals surface area contributed by atoms with Gasteiger partial charge in [0.1, 0.15) is 0 Å². The second-order valence-electron chi connectivity index (χ2n) is 20.2. The van der Waals surface area contributed by atoms with E-state index in [0.29, 0.717) is 5.82 Å². The van der Waals surface area contributed by atoms with Gasteiger partial charge in [-0.15, -0.1) is 0 Å². The van der Waals surface area contributed by atoms with Crippen LogP contribution in [0.25, 0.3) is 72.5 Å². The predicted octanol–water partition coefficient (Wildman–Crippen LogP) is 14.6. The molecule has 2 heterocycles. The van der Waals surface area contributed by atoms with Crippen molar-refractivity contribution in [3.05, 3.63) is 318 Å². The molecule has 0 radical (unpaired) electrons. The van der Waals surface area contributed by atoms with Gasteiger partial charge in [0.05, 0.1) is 28.1 Å². The van der Waals surface area contributed by atoms with Gasteiger partial charge in [0.2, 0.25) is 0 Å². The lowest BCUT2D eigenvalue weighted by atomic mass is 9.60. The Bertz CT molecular complexity index is 4210. The molecule has 3 aliphatic carbocycles. The van der Waals surface area contributed by atoms with Gasteiger partial charge in [-0.3, -0.25) is 0 Å². The molecule has 0 fully saturated rings. The summed E-state index contributed by atoms with van der Waals surface area (Å²) < 4.78 is 2.38. The molecule has 2 bridgehead atoms. The smallest absolute Gasteiger partial charge is 0.179 e. The van der Waals surface area contributed by atoms with Crippen molar-refractivity contribution in [3.63, 3.8) is 0 Å². The first-order valence-electron chi connectivity index (χ1n) is 26.4. The van der Waals surface area contributed by atoms with Gasteiger partial charge in [0.25, 0.3) is 0 Å². The fraction of sp³-hybridized carbons (Fsp3) is 0.0278. The largest absolute Gasteiger partial charge is 0.309 e. The van der Waals surface area contributed by atoms with E-state index in [1.165, 1.54) is 70.5 Å². The van der Waals surface area contributed by atoms with Crippen LogP contribution in [0.4, 0.5) is 0 Å². The maximum Gasteiger partial charge on any atom is 0.179 e. The van der Waals surface area contributed by atoms with Crippen LogP contribution in [0.15, 0.2) is 285 Å². The molecule has 11 aromatic carbocycles. The van der Waals surface area contributed by atoms with E-state index in [2.05, 4.69) is 290 Å². The van der Waals surface area contributed by atoms with E-state index in [-0.39, 0.29) is 11.8 Å². The Kier molecular flexibility index (Phi) is 10.4. The maximum absolute atomic E-state index is 5.68. The zero-order chi connectivity index (χ0) is 50.2. The van der Waals surface area contributed by atoms with Crippen molar-refractivity contribution in [1.29, 1.82) is 0 Å². The summed E-state index contributed by atoms with van der Waals surface area (Å²) in [6.45, 7) is 0. The number of rotatable bonds is 9. The molecule has 0 saturated heterocycles. The minimum absolute atomic E-state index is 0.0337. The van der Waals surface area contributed by atoms with E-state index >= 15 is 0 Å². The predicted molar refractivity (Wildman–Crippen MR) is 317 cm³/mol. The van der Waals surface area contributed by atoms with Crippen molar-refractivity contribution >= 4 is 50.6 Å². The molecular formula is C72H49N3Si. The lowest BCUT2D eigenvalue weighted by Gasteiger charge is -2.47. The summed E-state index contributed by atoms with van der Waals surface area (Å²) in [5.74, 6) is 0.697. The van der Waals surface area contributed by atoms with E-state index in [9.17, 15) is 0 Å². The average Bonchev–Trinajstić information content (AvgIpc) is 3.93. The lowest BCUT2D eigenvalue weighted by molar-refractivity contribution is 0.760. The first-order chi connectivity index (χ1) is 37.8. The highest BCUT2D eigenvalue weighted by molar-refractivity contribution is 7.20. The van der Waals surface area contributed by atoms with Crippen molar-refractivity contribution in [2.75, 3.05) is 0 Å². The van der Waals surface area contributed by atoms with Gasteiger partial charge in [-0.2, -0.15) is 0 Å². The topological polar surface area (TPSA) is 30.7 Å². The van der Waals surface area contributed by atoms with E-state index in [1.54, 1.807) is 0 Å². The van der Waals surface area contributed by atoms with Crippen LogP contribution in [0.1, 0.15) is 45.2 Å². The van der Waals surface area contributed by atoms with Crippen LogP contribution in [0.3, 0.4) is 0 Å². The summed E-state index contributed by atoms with van der Waals surface area (Å²) in [6.07, 6.45) is 0. The number of fused-ring (bicyclic) bond motifs is 3. The fourth-order valence-corrected chi connectivity index (χ4v) is 18.4. The zero-order valence-electron chi connectivity index (χ0n) is 41.6. The highest BCUT2D eigenvalue weighted by Crippen LogP contribution is 2.58. The molecule has 0 N–H and O–H groups in total. The van der Waals surface area contributed by atoms with Crippen molar-refractivity contribution in [2.45, 2.75) is 11.8 Å². The Morgan fingerprint density at radius 3 is 1.39 bits per heavy atom. The molecule has 0 amide bonds. The third-order valence-corrected chi connectivity index (χ3v) is 21.2. The maximum atomic E-state index is 5.68. The summed E-state index contributed by atoms with van der Waals surface area (Å²) >= 11 is 0. The highest BCUT2D eigenvalue weighted by Gasteiger charge is 2.49. The van der Waals surface area contributed by atoms with Gasteiger partial charge < -0.3 is 4.57 Å². The lowest BCUT2D eigenvalue weighted by Crippen LogP contribution is -2.75. The molecule has 76 heavy (non-hydrogen) atoms. The standard InChI is InChI=1S/C72H49N3Si/c1-5-25-48(26-6-1)62-47-63(74-72(73-62)59-39-19-22-45-66(59)75-64-43-20-17-35-54(64)55-36-18-21-44-65(55)75)53-34-14-13-33-52(53)56-40-23-41-60-68-57-37-15-16-38-58(57)71(69(56)60)70-61(68)42-24-46-67(70)76(49-27-7-2-8-28-49,50-29-9-3-10-30-50)51-31-11-4-12-32-51/h1-47,68,71H. The molecule has 2 unspecified atom stereocenters. The monoisotopic (exact) mass is 983 g/mol. The van der Waals surface area contributed by atoms with E-state index in [0.717, 1.165) is 50.4 Å². The number of hydrogen-bond acceptors (Lipinski definition) is 2. The zero-order valence-corrected chi connectivity index (χ0v) is 42.6.